The Morgan fingerprint density at radius 2 is 1.48 bits per heavy atom. The largest absolute Gasteiger partial charge is 1.00 e. The summed E-state index contributed by atoms with van der Waals surface area (Å²) in [6, 6.07) is -1.13. The maximum absolute atomic E-state index is 9.89. The third-order valence-corrected chi connectivity index (χ3v) is 2.90. The molecule has 0 aliphatic carbocycles. The molecule has 1 atom stereocenters. The van der Waals surface area contributed by atoms with Gasteiger partial charge in [0.2, 0.25) is 0 Å². The van der Waals surface area contributed by atoms with Crippen molar-refractivity contribution in [2.45, 2.75) is 77.2 Å². The molecule has 0 saturated carbocycles. The monoisotopic (exact) mass is 311 g/mol. The molecule has 0 fully saturated rings. The number of rotatable bonds is 12. The number of aliphatic carboxylic acids is 1. The molecule has 5 nitrogen and oxygen atoms in total. The van der Waals surface area contributed by atoms with Gasteiger partial charge in [-0.05, 0) is 0 Å². The Morgan fingerprint density at radius 1 is 1.05 bits per heavy atom. The fraction of sp³-hybridized carbons (Fsp3) is 0.867. The molecule has 4 N–H and O–H groups in total. The molecule has 0 bridgehead atoms. The van der Waals surface area contributed by atoms with Gasteiger partial charge in [-0.2, -0.15) is 6.42 Å². The zero-order valence-corrected chi connectivity index (χ0v) is 15.6. The molecule has 0 amide bonds. The molecule has 21 heavy (non-hydrogen) atoms. The van der Waals surface area contributed by atoms with Crippen molar-refractivity contribution in [1.82, 2.24) is 0 Å². The molecular formula is C15H30NNaO4. The van der Waals surface area contributed by atoms with E-state index in [0.29, 0.717) is 6.42 Å². The molecule has 0 radical (unpaired) electrons. The molecule has 0 aromatic rings. The number of hydrogen-bond acceptors (Lipinski definition) is 4. The van der Waals surface area contributed by atoms with Crippen LogP contribution in [0.2, 0.25) is 0 Å². The maximum atomic E-state index is 9.89. The van der Waals surface area contributed by atoms with E-state index in [-0.39, 0.29) is 29.6 Å². The summed E-state index contributed by atoms with van der Waals surface area (Å²) in [5.41, 5.74) is 4.77. The summed E-state index contributed by atoms with van der Waals surface area (Å²) in [7, 11) is 0. The van der Waals surface area contributed by atoms with E-state index in [4.69, 9.17) is 15.9 Å². The van der Waals surface area contributed by atoms with Gasteiger partial charge in [-0.1, -0.05) is 64.7 Å². The van der Waals surface area contributed by atoms with Crippen LogP contribution in [-0.2, 0) is 9.59 Å². The number of carbonyl (C=O) groups excluding carboxylic acids is 1. The second kappa shape index (κ2) is 22.3. The number of hydrogen-bond donors (Lipinski definition) is 3. The normalized spacial score (nSPS) is 10.8. The van der Waals surface area contributed by atoms with Crippen LogP contribution in [0.15, 0.2) is 0 Å². The fourth-order valence-electron chi connectivity index (χ4n) is 1.59. The smallest absolute Gasteiger partial charge is 0.542 e. The first-order valence-electron chi connectivity index (χ1n) is 7.54. The van der Waals surface area contributed by atoms with Gasteiger partial charge in [-0.15, -0.1) is 0 Å². The Balaban J connectivity index is -0.000000347. The van der Waals surface area contributed by atoms with Crippen LogP contribution >= 0.6 is 0 Å². The van der Waals surface area contributed by atoms with Crippen molar-refractivity contribution in [3.63, 3.8) is 0 Å². The number of carboxylic acid groups (broad SMARTS) is 1. The quantitative estimate of drug-likeness (QED) is 0.254. The Morgan fingerprint density at radius 3 is 1.76 bits per heavy atom. The molecule has 6 heteroatoms. The van der Waals surface area contributed by atoms with Crippen molar-refractivity contribution in [3.8, 4) is 0 Å². The van der Waals surface area contributed by atoms with Crippen molar-refractivity contribution < 1.29 is 49.4 Å². The molecule has 0 spiro atoms. The average Bonchev–Trinajstić information content (AvgIpc) is 2.45. The summed E-state index contributed by atoms with van der Waals surface area (Å²) >= 11 is 0. The van der Waals surface area contributed by atoms with Crippen LogP contribution in [0.25, 0.3) is 0 Å². The zero-order valence-electron chi connectivity index (χ0n) is 13.6. The van der Waals surface area contributed by atoms with Gasteiger partial charge in [0.25, 0.3) is 0 Å². The number of nitrogens with two attached hydrogens (primary N) is 1. The van der Waals surface area contributed by atoms with E-state index >= 15 is 0 Å². The fourth-order valence-corrected chi connectivity index (χ4v) is 1.59. The van der Waals surface area contributed by atoms with E-state index in [9.17, 15) is 9.59 Å². The Bertz CT molecular complexity index is 228. The van der Waals surface area contributed by atoms with E-state index in [2.05, 4.69) is 6.92 Å². The van der Waals surface area contributed by atoms with E-state index in [0.717, 1.165) is 6.42 Å². The van der Waals surface area contributed by atoms with Crippen LogP contribution in [0.5, 0.6) is 0 Å². The van der Waals surface area contributed by atoms with E-state index < -0.39 is 18.6 Å². The van der Waals surface area contributed by atoms with Crippen LogP contribution < -0.4 is 35.3 Å². The Hall–Kier alpha value is 0.0600. The summed E-state index contributed by atoms with van der Waals surface area (Å²) < 4.78 is 0. The maximum Gasteiger partial charge on any atom is 1.00 e. The summed E-state index contributed by atoms with van der Waals surface area (Å²) in [4.78, 5) is 19.5. The van der Waals surface area contributed by atoms with Crippen molar-refractivity contribution in [1.29, 1.82) is 0 Å². The molecule has 0 unspecified atom stereocenters. The van der Waals surface area contributed by atoms with Crippen LogP contribution in [0.3, 0.4) is 0 Å². The minimum atomic E-state index is -1.18. The van der Waals surface area contributed by atoms with Gasteiger partial charge >= 0.3 is 35.5 Å². The molecular weight excluding hydrogens is 281 g/mol. The van der Waals surface area contributed by atoms with E-state index in [1.807, 2.05) is 6.29 Å². The predicted octanol–water partition coefficient (Wildman–Crippen LogP) is -0.588. The van der Waals surface area contributed by atoms with Crippen molar-refractivity contribution in [2.24, 2.45) is 5.73 Å². The van der Waals surface area contributed by atoms with E-state index in [1.54, 1.807) is 0 Å². The minimum absolute atomic E-state index is 0. The van der Waals surface area contributed by atoms with Crippen LogP contribution in [0, 0.1) is 0 Å². The van der Waals surface area contributed by atoms with Gasteiger partial charge in [0.05, 0.1) is 6.61 Å². The number of carbonyl (C=O) groups is 1. The average molecular weight is 311 g/mol. The summed E-state index contributed by atoms with van der Waals surface area (Å²) in [6.07, 6.45) is 14.4. The van der Waals surface area contributed by atoms with Gasteiger partial charge < -0.3 is 20.7 Å². The van der Waals surface area contributed by atoms with Gasteiger partial charge in [0.15, 0.2) is 0 Å². The third kappa shape index (κ3) is 25.4. The first-order chi connectivity index (χ1) is 9.59. The number of aliphatic hydroxyl groups is 1. The van der Waals surface area contributed by atoms with Gasteiger partial charge in [-0.3, -0.25) is 11.1 Å². The summed E-state index contributed by atoms with van der Waals surface area (Å²) in [6.45, 7) is 1.74. The third-order valence-electron chi connectivity index (χ3n) is 2.90. The number of unbranched alkanes of at least 4 members (excludes halogenated alkanes) is 9. The van der Waals surface area contributed by atoms with Crippen molar-refractivity contribution in [3.05, 3.63) is 0 Å². The predicted molar refractivity (Wildman–Crippen MR) is 80.2 cm³/mol. The Kier molecular flexibility index (Phi) is 27.6. The molecule has 0 aromatic heterocycles. The van der Waals surface area contributed by atoms with Crippen LogP contribution in [0.4, 0.5) is 0 Å². The molecule has 0 heterocycles. The second-order valence-corrected chi connectivity index (χ2v) is 4.85. The van der Waals surface area contributed by atoms with Crippen molar-refractivity contribution in [2.75, 3.05) is 6.61 Å². The van der Waals surface area contributed by atoms with Gasteiger partial charge in [0, 0.05) is 0 Å². The molecule has 0 aliphatic heterocycles. The van der Waals surface area contributed by atoms with E-state index in [1.165, 1.54) is 51.4 Å². The summed E-state index contributed by atoms with van der Waals surface area (Å²) in [5.74, 6) is -1.18. The SMILES string of the molecule is CCCCCCCCCCC[C-]=O.N[C@@H](CO)C(=O)O.[Na+]. The molecule has 120 valence electrons. The minimum Gasteiger partial charge on any atom is -0.542 e. The molecule has 0 rings (SSSR count). The number of carboxylic acids is 1. The molecule has 0 saturated heterocycles. The molecule has 0 aliphatic rings. The molecule has 0 aromatic carbocycles. The summed E-state index contributed by atoms with van der Waals surface area (Å²) in [5, 5.41) is 15.9. The zero-order chi connectivity index (χ0) is 15.6. The van der Waals surface area contributed by atoms with Gasteiger partial charge in [0.1, 0.15) is 6.04 Å². The standard InChI is InChI=1S/C12H23O.C3H7NO3.Na/c1-2-3-4-5-6-7-8-9-10-11-12-13;4-2(1-5)3(6)7;/h2-11H2,1H3;2,5H,1,4H2,(H,6,7);/q-1;;+1/t;2-;/m.0./s1. The second-order valence-electron chi connectivity index (χ2n) is 4.85. The number of aliphatic hydroxyl groups excluding tert-OH is 1. The van der Waals surface area contributed by atoms with Gasteiger partial charge in [-0.25, -0.2) is 0 Å². The topological polar surface area (TPSA) is 101 Å². The Labute approximate surface area is 151 Å². The first kappa shape index (κ1) is 26.0. The van der Waals surface area contributed by atoms with Crippen molar-refractivity contribution >= 4 is 12.3 Å². The first-order valence-corrected chi connectivity index (χ1v) is 7.54. The van der Waals surface area contributed by atoms with Crippen LogP contribution in [-0.4, -0.2) is 35.1 Å². The van der Waals surface area contributed by atoms with Crippen LogP contribution in [0.1, 0.15) is 71.1 Å².